The molecule has 0 N–H and O–H groups in total. The van der Waals surface area contributed by atoms with Gasteiger partial charge in [-0.3, -0.25) is 4.79 Å². The number of Topliss-reactive ketones (excluding diaryl/α,β-unsaturated/α-hetero) is 1. The van der Waals surface area contributed by atoms with Crippen molar-refractivity contribution in [3.8, 4) is 0 Å². The van der Waals surface area contributed by atoms with Gasteiger partial charge in [-0.25, -0.2) is 4.79 Å². The molecule has 1 aromatic carbocycles. The third-order valence-electron chi connectivity index (χ3n) is 5.08. The first kappa shape index (κ1) is 16.3. The van der Waals surface area contributed by atoms with Crippen LogP contribution in [0.15, 0.2) is 24.3 Å². The predicted octanol–water partition coefficient (Wildman–Crippen LogP) is 4.52. The van der Waals surface area contributed by atoms with E-state index in [0.717, 1.165) is 18.4 Å². The molecular formula is C18H22ClNO3. The number of hydrogen-bond acceptors (Lipinski definition) is 3. The minimum Gasteiger partial charge on any atom is -0.443 e. The summed E-state index contributed by atoms with van der Waals surface area (Å²) >= 11 is 5.95. The summed E-state index contributed by atoms with van der Waals surface area (Å²) in [7, 11) is 0. The van der Waals surface area contributed by atoms with Crippen LogP contribution in [0.1, 0.15) is 57.1 Å². The number of amides is 1. The Bertz CT molecular complexity index is 589. The van der Waals surface area contributed by atoms with E-state index in [9.17, 15) is 9.59 Å². The molecule has 1 spiro atoms. The molecule has 1 saturated heterocycles. The zero-order chi connectivity index (χ0) is 16.4. The van der Waals surface area contributed by atoms with Crippen molar-refractivity contribution in [2.24, 2.45) is 0 Å². The Morgan fingerprint density at radius 3 is 2.39 bits per heavy atom. The van der Waals surface area contributed by atoms with Crippen molar-refractivity contribution in [3.05, 3.63) is 34.9 Å². The van der Waals surface area contributed by atoms with Gasteiger partial charge in [-0.1, -0.05) is 30.7 Å². The monoisotopic (exact) mass is 335 g/mol. The highest BCUT2D eigenvalue weighted by Gasteiger charge is 2.44. The second kappa shape index (κ2) is 6.52. The van der Waals surface area contributed by atoms with E-state index in [1.165, 1.54) is 0 Å². The van der Waals surface area contributed by atoms with E-state index in [0.29, 0.717) is 37.3 Å². The summed E-state index contributed by atoms with van der Waals surface area (Å²) in [4.78, 5) is 25.8. The molecule has 1 aliphatic heterocycles. The van der Waals surface area contributed by atoms with Crippen molar-refractivity contribution in [1.82, 2.24) is 4.90 Å². The summed E-state index contributed by atoms with van der Waals surface area (Å²) in [5.74, 6) is 0.279. The number of ketones is 1. The third-order valence-corrected chi connectivity index (χ3v) is 5.34. The number of rotatable bonds is 3. The zero-order valence-electron chi connectivity index (χ0n) is 13.4. The van der Waals surface area contributed by atoms with E-state index in [1.807, 2.05) is 29.2 Å². The third kappa shape index (κ3) is 3.37. The van der Waals surface area contributed by atoms with Crippen molar-refractivity contribution in [1.29, 1.82) is 0 Å². The molecule has 2 aliphatic rings. The molecule has 0 bridgehead atoms. The van der Waals surface area contributed by atoms with E-state index < -0.39 is 5.60 Å². The van der Waals surface area contributed by atoms with Gasteiger partial charge in [-0.15, -0.1) is 0 Å². The number of carbonyl (C=O) groups excluding carboxylic acids is 2. The van der Waals surface area contributed by atoms with Crippen LogP contribution in [0.25, 0.3) is 0 Å². The summed E-state index contributed by atoms with van der Waals surface area (Å²) in [6.45, 7) is 2.74. The summed E-state index contributed by atoms with van der Waals surface area (Å²) < 4.78 is 5.81. The summed E-state index contributed by atoms with van der Waals surface area (Å²) in [6, 6.07) is 7.63. The lowest BCUT2D eigenvalue weighted by atomic mass is 9.80. The van der Waals surface area contributed by atoms with Gasteiger partial charge < -0.3 is 9.64 Å². The highest BCUT2D eigenvalue weighted by Crippen LogP contribution is 2.39. The fourth-order valence-corrected chi connectivity index (χ4v) is 3.78. The number of hydrogen-bond donors (Lipinski definition) is 0. The van der Waals surface area contributed by atoms with Gasteiger partial charge in [0.05, 0.1) is 6.04 Å². The van der Waals surface area contributed by atoms with E-state index in [4.69, 9.17) is 16.3 Å². The van der Waals surface area contributed by atoms with Crippen molar-refractivity contribution < 1.29 is 14.3 Å². The van der Waals surface area contributed by atoms with Crippen LogP contribution in [0.5, 0.6) is 0 Å². The SMILES string of the molecule is CCC(c1ccc(Cl)cc1)N1CCC2(CCC(=O)CC2)OC1=O. The predicted molar refractivity (Wildman–Crippen MR) is 88.5 cm³/mol. The standard InChI is InChI=1S/C18H22ClNO3/c1-2-16(13-3-5-14(19)6-4-13)20-12-11-18(23-17(20)22)9-7-15(21)8-10-18/h3-6,16H,2,7-12H2,1H3. The molecule has 1 amide bonds. The average molecular weight is 336 g/mol. The number of benzene rings is 1. The van der Waals surface area contributed by atoms with E-state index >= 15 is 0 Å². The van der Waals surface area contributed by atoms with Crippen molar-refractivity contribution in [2.45, 2.75) is 57.1 Å². The van der Waals surface area contributed by atoms with Gasteiger partial charge in [-0.05, 0) is 37.0 Å². The quantitative estimate of drug-likeness (QED) is 0.816. The summed E-state index contributed by atoms with van der Waals surface area (Å²) in [5.41, 5.74) is 0.656. The molecule has 5 heteroatoms. The second-order valence-electron chi connectivity index (χ2n) is 6.51. The highest BCUT2D eigenvalue weighted by molar-refractivity contribution is 6.30. The number of nitrogens with zero attached hydrogens (tertiary/aromatic N) is 1. The molecule has 4 nitrogen and oxygen atoms in total. The lowest BCUT2D eigenvalue weighted by Gasteiger charge is -2.45. The Morgan fingerprint density at radius 2 is 1.83 bits per heavy atom. The summed E-state index contributed by atoms with van der Waals surface area (Å²) in [5, 5.41) is 0.690. The largest absolute Gasteiger partial charge is 0.443 e. The van der Waals surface area contributed by atoms with Crippen LogP contribution in [0, 0.1) is 0 Å². The first-order valence-electron chi connectivity index (χ1n) is 8.30. The van der Waals surface area contributed by atoms with Gasteiger partial charge in [0.1, 0.15) is 11.4 Å². The number of carbonyl (C=O) groups is 2. The minimum absolute atomic E-state index is 0.00217. The second-order valence-corrected chi connectivity index (χ2v) is 6.95. The van der Waals surface area contributed by atoms with E-state index in [2.05, 4.69) is 6.92 Å². The van der Waals surface area contributed by atoms with Gasteiger partial charge in [0.25, 0.3) is 0 Å². The lowest BCUT2D eigenvalue weighted by Crippen LogP contribution is -2.52. The maximum atomic E-state index is 12.6. The Kier molecular flexibility index (Phi) is 4.62. The lowest BCUT2D eigenvalue weighted by molar-refractivity contribution is -0.129. The van der Waals surface area contributed by atoms with E-state index in [-0.39, 0.29) is 17.9 Å². The number of halogens is 1. The topological polar surface area (TPSA) is 46.6 Å². The molecular weight excluding hydrogens is 314 g/mol. The summed E-state index contributed by atoms with van der Waals surface area (Å²) in [6.07, 6.45) is 3.76. The Hall–Kier alpha value is -1.55. The van der Waals surface area contributed by atoms with Gasteiger partial charge in [-0.2, -0.15) is 0 Å². The van der Waals surface area contributed by atoms with Crippen LogP contribution in [0.4, 0.5) is 4.79 Å². The van der Waals surface area contributed by atoms with Crippen LogP contribution in [-0.4, -0.2) is 28.9 Å². The van der Waals surface area contributed by atoms with Gasteiger partial charge in [0.15, 0.2) is 0 Å². The fourth-order valence-electron chi connectivity index (χ4n) is 3.65. The minimum atomic E-state index is -0.417. The highest BCUT2D eigenvalue weighted by atomic mass is 35.5. The fraction of sp³-hybridized carbons (Fsp3) is 0.556. The molecule has 3 rings (SSSR count). The molecule has 1 unspecified atom stereocenters. The maximum absolute atomic E-state index is 12.6. The Balaban J connectivity index is 1.73. The molecule has 1 aliphatic carbocycles. The van der Waals surface area contributed by atoms with Gasteiger partial charge in [0.2, 0.25) is 0 Å². The smallest absolute Gasteiger partial charge is 0.410 e. The molecule has 0 radical (unpaired) electrons. The Labute approximate surface area is 141 Å². The van der Waals surface area contributed by atoms with Crippen molar-refractivity contribution >= 4 is 23.5 Å². The molecule has 1 atom stereocenters. The zero-order valence-corrected chi connectivity index (χ0v) is 14.1. The van der Waals surface area contributed by atoms with Gasteiger partial charge in [0, 0.05) is 30.8 Å². The van der Waals surface area contributed by atoms with Crippen molar-refractivity contribution in [2.75, 3.05) is 6.54 Å². The molecule has 23 heavy (non-hydrogen) atoms. The van der Waals surface area contributed by atoms with Crippen LogP contribution in [0.2, 0.25) is 5.02 Å². The molecule has 1 heterocycles. The first-order chi connectivity index (χ1) is 11.0. The Morgan fingerprint density at radius 1 is 1.17 bits per heavy atom. The molecule has 124 valence electrons. The molecule has 2 fully saturated rings. The van der Waals surface area contributed by atoms with Crippen LogP contribution in [0.3, 0.4) is 0 Å². The molecule has 1 aromatic rings. The molecule has 0 aromatic heterocycles. The van der Waals surface area contributed by atoms with Crippen molar-refractivity contribution in [3.63, 3.8) is 0 Å². The molecule has 1 saturated carbocycles. The average Bonchev–Trinajstić information content (AvgIpc) is 2.55. The normalized spacial score (nSPS) is 22.1. The van der Waals surface area contributed by atoms with Crippen LogP contribution >= 0.6 is 11.6 Å². The first-order valence-corrected chi connectivity index (χ1v) is 8.67. The van der Waals surface area contributed by atoms with Gasteiger partial charge >= 0.3 is 6.09 Å². The van der Waals surface area contributed by atoms with Crippen LogP contribution < -0.4 is 0 Å². The van der Waals surface area contributed by atoms with Crippen LogP contribution in [-0.2, 0) is 9.53 Å². The maximum Gasteiger partial charge on any atom is 0.410 e. The van der Waals surface area contributed by atoms with E-state index in [1.54, 1.807) is 0 Å². The number of ether oxygens (including phenoxy) is 1.